The number of nitrogens with one attached hydrogen (secondary N) is 2. The summed E-state index contributed by atoms with van der Waals surface area (Å²) in [6.45, 7) is 1.84. The van der Waals surface area contributed by atoms with Gasteiger partial charge >= 0.3 is 0 Å². The van der Waals surface area contributed by atoms with Crippen LogP contribution in [0.3, 0.4) is 0 Å². The van der Waals surface area contributed by atoms with Crippen LogP contribution in [0.15, 0.2) is 16.7 Å². The van der Waals surface area contributed by atoms with Crippen LogP contribution in [0.1, 0.15) is 41.8 Å². The summed E-state index contributed by atoms with van der Waals surface area (Å²) in [4.78, 5) is 11.9. The van der Waals surface area contributed by atoms with E-state index in [2.05, 4.69) is 10.6 Å². The SMILES string of the molecule is CNC1CCC(NC(=O)c2coc(C)c2)CC1. The van der Waals surface area contributed by atoms with E-state index >= 15 is 0 Å². The van der Waals surface area contributed by atoms with Crippen molar-refractivity contribution in [2.24, 2.45) is 0 Å². The van der Waals surface area contributed by atoms with Crippen LogP contribution in [-0.4, -0.2) is 25.0 Å². The lowest BCUT2D eigenvalue weighted by Crippen LogP contribution is -2.41. The van der Waals surface area contributed by atoms with Crippen LogP contribution >= 0.6 is 0 Å². The normalized spacial score (nSPS) is 24.6. The van der Waals surface area contributed by atoms with E-state index in [0.717, 1.165) is 31.4 Å². The Bertz CT molecular complexity index is 379. The van der Waals surface area contributed by atoms with Gasteiger partial charge in [-0.25, -0.2) is 0 Å². The Morgan fingerprint density at radius 1 is 1.29 bits per heavy atom. The number of carbonyl (C=O) groups excluding carboxylic acids is 1. The predicted octanol–water partition coefficient (Wildman–Crippen LogP) is 1.85. The van der Waals surface area contributed by atoms with E-state index in [9.17, 15) is 4.79 Å². The second-order valence-corrected chi connectivity index (χ2v) is 4.76. The first-order valence-corrected chi connectivity index (χ1v) is 6.22. The number of hydrogen-bond acceptors (Lipinski definition) is 3. The first-order valence-electron chi connectivity index (χ1n) is 6.22. The van der Waals surface area contributed by atoms with Crippen molar-refractivity contribution in [3.63, 3.8) is 0 Å². The Morgan fingerprint density at radius 3 is 2.47 bits per heavy atom. The summed E-state index contributed by atoms with van der Waals surface area (Å²) in [6.07, 6.45) is 5.88. The fourth-order valence-corrected chi connectivity index (χ4v) is 2.36. The number of amides is 1. The molecule has 94 valence electrons. The van der Waals surface area contributed by atoms with Gasteiger partial charge in [-0.05, 0) is 45.7 Å². The second kappa shape index (κ2) is 5.36. The van der Waals surface area contributed by atoms with E-state index in [1.165, 1.54) is 6.26 Å². The molecule has 0 bridgehead atoms. The topological polar surface area (TPSA) is 54.3 Å². The molecule has 4 nitrogen and oxygen atoms in total. The summed E-state index contributed by atoms with van der Waals surface area (Å²) in [5.74, 6) is 0.754. The highest BCUT2D eigenvalue weighted by Gasteiger charge is 2.22. The molecule has 0 unspecified atom stereocenters. The van der Waals surface area contributed by atoms with Gasteiger partial charge in [-0.15, -0.1) is 0 Å². The molecule has 0 aromatic carbocycles. The maximum Gasteiger partial charge on any atom is 0.254 e. The first kappa shape index (κ1) is 12.2. The van der Waals surface area contributed by atoms with E-state index in [-0.39, 0.29) is 5.91 Å². The smallest absolute Gasteiger partial charge is 0.254 e. The third kappa shape index (κ3) is 3.09. The van der Waals surface area contributed by atoms with Gasteiger partial charge in [-0.2, -0.15) is 0 Å². The van der Waals surface area contributed by atoms with E-state index in [0.29, 0.717) is 17.6 Å². The molecule has 1 saturated carbocycles. The molecule has 17 heavy (non-hydrogen) atoms. The number of rotatable bonds is 3. The van der Waals surface area contributed by atoms with Gasteiger partial charge in [-0.1, -0.05) is 0 Å². The first-order chi connectivity index (χ1) is 8.19. The number of carbonyl (C=O) groups is 1. The van der Waals surface area contributed by atoms with Crippen molar-refractivity contribution < 1.29 is 9.21 Å². The molecule has 0 spiro atoms. The van der Waals surface area contributed by atoms with Crippen molar-refractivity contribution in [2.45, 2.75) is 44.7 Å². The highest BCUT2D eigenvalue weighted by atomic mass is 16.3. The minimum atomic E-state index is -0.0187. The summed E-state index contributed by atoms with van der Waals surface area (Å²) in [5, 5.41) is 6.35. The molecule has 4 heteroatoms. The number of hydrogen-bond donors (Lipinski definition) is 2. The van der Waals surface area contributed by atoms with Gasteiger partial charge in [0.1, 0.15) is 12.0 Å². The minimum Gasteiger partial charge on any atom is -0.469 e. The van der Waals surface area contributed by atoms with E-state index in [4.69, 9.17) is 4.42 Å². The lowest BCUT2D eigenvalue weighted by atomic mass is 9.91. The Kier molecular flexibility index (Phi) is 3.84. The van der Waals surface area contributed by atoms with E-state index in [1.54, 1.807) is 6.07 Å². The van der Waals surface area contributed by atoms with Crippen molar-refractivity contribution in [1.82, 2.24) is 10.6 Å². The third-order valence-corrected chi connectivity index (χ3v) is 3.46. The lowest BCUT2D eigenvalue weighted by molar-refractivity contribution is 0.0924. The molecule has 0 aliphatic heterocycles. The molecule has 0 atom stereocenters. The molecule has 1 aliphatic carbocycles. The second-order valence-electron chi connectivity index (χ2n) is 4.76. The summed E-state index contributed by atoms with van der Waals surface area (Å²) >= 11 is 0. The van der Waals surface area contributed by atoms with Crippen LogP contribution < -0.4 is 10.6 Å². The zero-order chi connectivity index (χ0) is 12.3. The van der Waals surface area contributed by atoms with Crippen molar-refractivity contribution in [3.05, 3.63) is 23.7 Å². The van der Waals surface area contributed by atoms with Gasteiger partial charge in [0.15, 0.2) is 0 Å². The highest BCUT2D eigenvalue weighted by molar-refractivity contribution is 5.94. The minimum absolute atomic E-state index is 0.0187. The molecule has 1 amide bonds. The average molecular weight is 236 g/mol. The van der Waals surface area contributed by atoms with Crippen molar-refractivity contribution in [3.8, 4) is 0 Å². The fraction of sp³-hybridized carbons (Fsp3) is 0.615. The molecule has 0 saturated heterocycles. The predicted molar refractivity (Wildman–Crippen MR) is 66.0 cm³/mol. The van der Waals surface area contributed by atoms with Crippen LogP contribution in [0.2, 0.25) is 0 Å². The molecule has 1 heterocycles. The van der Waals surface area contributed by atoms with Crippen molar-refractivity contribution in [2.75, 3.05) is 7.05 Å². The molecule has 1 aromatic heterocycles. The standard InChI is InChI=1S/C13H20N2O2/c1-9-7-10(8-17-9)13(16)15-12-5-3-11(14-2)4-6-12/h7-8,11-12,14H,3-6H2,1-2H3,(H,15,16). The quantitative estimate of drug-likeness (QED) is 0.842. The van der Waals surface area contributed by atoms with Gasteiger partial charge in [0.2, 0.25) is 0 Å². The number of aryl methyl sites for hydroxylation is 1. The zero-order valence-corrected chi connectivity index (χ0v) is 10.5. The largest absolute Gasteiger partial charge is 0.469 e. The highest BCUT2D eigenvalue weighted by Crippen LogP contribution is 2.19. The van der Waals surface area contributed by atoms with Gasteiger partial charge in [-0.3, -0.25) is 4.79 Å². The van der Waals surface area contributed by atoms with Crippen LogP contribution in [0.5, 0.6) is 0 Å². The summed E-state index contributed by atoms with van der Waals surface area (Å²) < 4.78 is 5.14. The van der Waals surface area contributed by atoms with Gasteiger partial charge in [0.05, 0.1) is 5.56 Å². The Hall–Kier alpha value is -1.29. The van der Waals surface area contributed by atoms with Crippen LogP contribution in [0.25, 0.3) is 0 Å². The van der Waals surface area contributed by atoms with E-state index in [1.807, 2.05) is 14.0 Å². The maximum absolute atomic E-state index is 11.9. The fourth-order valence-electron chi connectivity index (χ4n) is 2.36. The molecular formula is C13H20N2O2. The Labute approximate surface area is 102 Å². The Morgan fingerprint density at radius 2 is 1.94 bits per heavy atom. The van der Waals surface area contributed by atoms with Crippen molar-refractivity contribution in [1.29, 1.82) is 0 Å². The van der Waals surface area contributed by atoms with Crippen LogP contribution in [0.4, 0.5) is 0 Å². The molecule has 1 aliphatic rings. The van der Waals surface area contributed by atoms with E-state index < -0.39 is 0 Å². The maximum atomic E-state index is 11.9. The number of furan rings is 1. The van der Waals surface area contributed by atoms with Gasteiger partial charge in [0, 0.05) is 12.1 Å². The molecule has 1 aromatic rings. The summed E-state index contributed by atoms with van der Waals surface area (Å²) in [6, 6.07) is 2.69. The zero-order valence-electron chi connectivity index (χ0n) is 10.5. The van der Waals surface area contributed by atoms with Crippen LogP contribution in [-0.2, 0) is 0 Å². The molecule has 0 radical (unpaired) electrons. The van der Waals surface area contributed by atoms with Gasteiger partial charge < -0.3 is 15.1 Å². The summed E-state index contributed by atoms with van der Waals surface area (Å²) in [7, 11) is 2.00. The lowest BCUT2D eigenvalue weighted by Gasteiger charge is -2.28. The molecular weight excluding hydrogens is 216 g/mol. The van der Waals surface area contributed by atoms with Crippen molar-refractivity contribution >= 4 is 5.91 Å². The third-order valence-electron chi connectivity index (χ3n) is 3.46. The van der Waals surface area contributed by atoms with Crippen LogP contribution in [0, 0.1) is 6.92 Å². The monoisotopic (exact) mass is 236 g/mol. The molecule has 2 rings (SSSR count). The summed E-state index contributed by atoms with van der Waals surface area (Å²) in [5.41, 5.74) is 0.623. The molecule has 2 N–H and O–H groups in total. The van der Waals surface area contributed by atoms with Gasteiger partial charge in [0.25, 0.3) is 5.91 Å². The molecule has 1 fully saturated rings. The Balaban J connectivity index is 1.84. The average Bonchev–Trinajstić information content (AvgIpc) is 2.77.